The Bertz CT molecular complexity index is 612. The lowest BCUT2D eigenvalue weighted by Gasteiger charge is -2.11. The molecule has 6 heteroatoms. The van der Waals surface area contributed by atoms with E-state index in [0.717, 1.165) is 18.4 Å². The first-order valence-corrected chi connectivity index (χ1v) is 9.26. The van der Waals surface area contributed by atoms with Crippen LogP contribution in [-0.2, 0) is 16.0 Å². The van der Waals surface area contributed by atoms with E-state index in [4.69, 9.17) is 11.6 Å². The normalized spacial score (nSPS) is 13.2. The number of thioether (sulfide) groups is 1. The van der Waals surface area contributed by atoms with Gasteiger partial charge < -0.3 is 0 Å². The quantitative estimate of drug-likeness (QED) is 0.277. The highest BCUT2D eigenvalue weighted by molar-refractivity contribution is 8.15. The number of carbonyl (C=O) groups is 2. The van der Waals surface area contributed by atoms with Gasteiger partial charge in [-0.2, -0.15) is 5.10 Å². The van der Waals surface area contributed by atoms with E-state index in [1.54, 1.807) is 20.1 Å². The van der Waals surface area contributed by atoms with E-state index in [9.17, 15) is 9.59 Å². The van der Waals surface area contributed by atoms with Crippen molar-refractivity contribution in [3.05, 3.63) is 35.4 Å². The predicted octanol–water partition coefficient (Wildman–Crippen LogP) is 4.63. The molecule has 0 N–H and O–H groups in total. The van der Waals surface area contributed by atoms with Crippen molar-refractivity contribution in [2.45, 2.75) is 51.7 Å². The van der Waals surface area contributed by atoms with E-state index in [2.05, 4.69) is 29.3 Å². The summed E-state index contributed by atoms with van der Waals surface area (Å²) in [5.74, 6) is -0.0148. The molecule has 0 saturated carbocycles. The van der Waals surface area contributed by atoms with Gasteiger partial charge in [0, 0.05) is 12.8 Å². The van der Waals surface area contributed by atoms with Gasteiger partial charge in [0.05, 0.1) is 16.5 Å². The van der Waals surface area contributed by atoms with Crippen molar-refractivity contribution in [3.8, 4) is 0 Å². The standard InChI is InChI=1S/C18H23ClN2O2S/c1-4-6-14-7-9-15(10-8-14)12-20-21-13(3)24-17(11-18(19)23)16(22)5-2/h7-10,12,17H,4-6,11H2,1-3H3/b20-12+,21-13-. The van der Waals surface area contributed by atoms with Crippen molar-refractivity contribution < 1.29 is 9.59 Å². The highest BCUT2D eigenvalue weighted by atomic mass is 35.5. The summed E-state index contributed by atoms with van der Waals surface area (Å²) < 4.78 is 0. The number of carbonyl (C=O) groups excluding carboxylic acids is 2. The molecule has 1 aromatic carbocycles. The van der Waals surface area contributed by atoms with Gasteiger partial charge in [-0.3, -0.25) is 9.59 Å². The van der Waals surface area contributed by atoms with Crippen molar-refractivity contribution in [1.82, 2.24) is 0 Å². The molecule has 0 radical (unpaired) electrons. The Hall–Kier alpha value is -1.46. The fourth-order valence-electron chi connectivity index (χ4n) is 2.06. The highest BCUT2D eigenvalue weighted by Crippen LogP contribution is 2.20. The third-order valence-electron chi connectivity index (χ3n) is 3.29. The zero-order valence-electron chi connectivity index (χ0n) is 14.3. The summed E-state index contributed by atoms with van der Waals surface area (Å²) in [6.45, 7) is 5.68. The summed E-state index contributed by atoms with van der Waals surface area (Å²) in [6.07, 6.45) is 4.23. The summed E-state index contributed by atoms with van der Waals surface area (Å²) in [5.41, 5.74) is 2.27. The lowest BCUT2D eigenvalue weighted by molar-refractivity contribution is -0.120. The van der Waals surface area contributed by atoms with Crippen LogP contribution in [0.4, 0.5) is 0 Å². The van der Waals surface area contributed by atoms with E-state index in [1.807, 2.05) is 12.1 Å². The van der Waals surface area contributed by atoms with E-state index >= 15 is 0 Å². The molecule has 0 saturated heterocycles. The summed E-state index contributed by atoms with van der Waals surface area (Å²) in [4.78, 5) is 22.9. The fraction of sp³-hybridized carbons (Fsp3) is 0.444. The molecule has 0 aliphatic rings. The molecule has 0 heterocycles. The second kappa shape index (κ2) is 11.2. The van der Waals surface area contributed by atoms with E-state index in [-0.39, 0.29) is 12.2 Å². The molecule has 0 spiro atoms. The van der Waals surface area contributed by atoms with Crippen LogP contribution in [0.1, 0.15) is 51.2 Å². The number of hydrogen-bond donors (Lipinski definition) is 0. The largest absolute Gasteiger partial charge is 0.298 e. The number of Topliss-reactive ketones (excluding diaryl/α,β-unsaturated/α-hetero) is 1. The van der Waals surface area contributed by atoms with Gasteiger partial charge >= 0.3 is 0 Å². The van der Waals surface area contributed by atoms with Gasteiger partial charge in [0.15, 0.2) is 0 Å². The summed E-state index contributed by atoms with van der Waals surface area (Å²) in [6, 6.07) is 8.17. The maximum atomic E-state index is 11.8. The van der Waals surface area contributed by atoms with Gasteiger partial charge in [-0.1, -0.05) is 56.3 Å². The van der Waals surface area contributed by atoms with Crippen LogP contribution in [0.5, 0.6) is 0 Å². The number of ketones is 1. The third-order valence-corrected chi connectivity index (χ3v) is 4.58. The van der Waals surface area contributed by atoms with Gasteiger partial charge in [-0.15, -0.1) is 5.10 Å². The molecule has 0 bridgehead atoms. The fourth-order valence-corrected chi connectivity index (χ4v) is 3.34. The maximum absolute atomic E-state index is 11.8. The molecule has 1 aromatic rings. The first kappa shape index (κ1) is 20.6. The number of rotatable bonds is 9. The Morgan fingerprint density at radius 1 is 1.25 bits per heavy atom. The Morgan fingerprint density at radius 2 is 1.92 bits per heavy atom. The molecular formula is C18H23ClN2O2S. The van der Waals surface area contributed by atoms with Crippen LogP contribution in [0.2, 0.25) is 0 Å². The average molecular weight is 367 g/mol. The van der Waals surface area contributed by atoms with Crippen molar-refractivity contribution in [2.24, 2.45) is 10.2 Å². The minimum absolute atomic E-state index is 0.00829. The van der Waals surface area contributed by atoms with E-state index in [0.29, 0.717) is 11.5 Å². The molecule has 0 aliphatic carbocycles. The van der Waals surface area contributed by atoms with Crippen molar-refractivity contribution in [1.29, 1.82) is 0 Å². The molecule has 130 valence electrons. The van der Waals surface area contributed by atoms with Crippen LogP contribution in [0, 0.1) is 0 Å². The molecule has 24 heavy (non-hydrogen) atoms. The van der Waals surface area contributed by atoms with Gasteiger partial charge in [-0.05, 0) is 36.1 Å². The van der Waals surface area contributed by atoms with Crippen LogP contribution in [0.15, 0.2) is 34.5 Å². The number of aryl methyl sites for hydroxylation is 1. The Labute approximate surface area is 152 Å². The molecule has 0 aliphatic heterocycles. The highest BCUT2D eigenvalue weighted by Gasteiger charge is 2.21. The lowest BCUT2D eigenvalue weighted by Crippen LogP contribution is -2.20. The summed E-state index contributed by atoms with van der Waals surface area (Å²) >= 11 is 6.63. The second-order valence-corrected chi connectivity index (χ2v) is 7.16. The SMILES string of the molecule is CCCc1ccc(/C=N/N=C(/C)SC(CC(=O)Cl)C(=O)CC)cc1. The maximum Gasteiger partial charge on any atom is 0.223 e. The molecule has 4 nitrogen and oxygen atoms in total. The topological polar surface area (TPSA) is 58.9 Å². The predicted molar refractivity (Wildman–Crippen MR) is 103 cm³/mol. The van der Waals surface area contributed by atoms with Gasteiger partial charge in [0.1, 0.15) is 5.78 Å². The Kier molecular flexibility index (Phi) is 9.57. The van der Waals surface area contributed by atoms with Crippen LogP contribution in [-0.4, -0.2) is 27.5 Å². The van der Waals surface area contributed by atoms with Crippen LogP contribution in [0.25, 0.3) is 0 Å². The second-order valence-electron chi connectivity index (χ2n) is 5.34. The zero-order valence-corrected chi connectivity index (χ0v) is 15.9. The first-order valence-electron chi connectivity index (χ1n) is 8.00. The lowest BCUT2D eigenvalue weighted by atomic mass is 10.1. The third kappa shape index (κ3) is 7.88. The molecule has 1 unspecified atom stereocenters. The van der Waals surface area contributed by atoms with E-state index < -0.39 is 10.5 Å². The molecule has 0 fully saturated rings. The Morgan fingerprint density at radius 3 is 2.46 bits per heavy atom. The zero-order chi connectivity index (χ0) is 17.9. The van der Waals surface area contributed by atoms with E-state index in [1.165, 1.54) is 17.3 Å². The smallest absolute Gasteiger partial charge is 0.223 e. The molecular weight excluding hydrogens is 344 g/mol. The van der Waals surface area contributed by atoms with Crippen molar-refractivity contribution in [2.75, 3.05) is 0 Å². The van der Waals surface area contributed by atoms with Gasteiger partial charge in [0.25, 0.3) is 0 Å². The van der Waals surface area contributed by atoms with Gasteiger partial charge in [-0.25, -0.2) is 0 Å². The van der Waals surface area contributed by atoms with Crippen molar-refractivity contribution >= 4 is 45.6 Å². The number of halogens is 1. The Balaban J connectivity index is 2.66. The number of nitrogens with zero attached hydrogens (tertiary/aromatic N) is 2. The minimum Gasteiger partial charge on any atom is -0.298 e. The van der Waals surface area contributed by atoms with Crippen LogP contribution >= 0.6 is 23.4 Å². The molecule has 0 amide bonds. The van der Waals surface area contributed by atoms with Crippen LogP contribution < -0.4 is 0 Å². The average Bonchev–Trinajstić information content (AvgIpc) is 2.55. The number of benzene rings is 1. The summed E-state index contributed by atoms with van der Waals surface area (Å²) in [5, 5.41) is 7.75. The molecule has 1 rings (SSSR count). The first-order chi connectivity index (χ1) is 11.5. The minimum atomic E-state index is -0.516. The van der Waals surface area contributed by atoms with Crippen molar-refractivity contribution in [3.63, 3.8) is 0 Å². The summed E-state index contributed by atoms with van der Waals surface area (Å²) in [7, 11) is 0. The molecule has 1 atom stereocenters. The molecule has 0 aromatic heterocycles. The monoisotopic (exact) mass is 366 g/mol. The van der Waals surface area contributed by atoms with Crippen LogP contribution in [0.3, 0.4) is 0 Å². The van der Waals surface area contributed by atoms with Gasteiger partial charge in [0.2, 0.25) is 5.24 Å². The number of hydrogen-bond acceptors (Lipinski definition) is 5.